The molecule has 3 aromatic carbocycles. The summed E-state index contributed by atoms with van der Waals surface area (Å²) >= 11 is 1.76. The number of amides is 1. The number of hydrogen-bond donors (Lipinski definition) is 2. The molecule has 2 N–H and O–H groups in total. The van der Waals surface area contributed by atoms with Crippen molar-refractivity contribution in [3.05, 3.63) is 88.3 Å². The number of quaternary nitrogens is 1. The number of benzene rings is 3. The normalized spacial score (nSPS) is 13.1. The summed E-state index contributed by atoms with van der Waals surface area (Å²) in [5.74, 6) is 0.128. The Hall–Kier alpha value is -4.04. The van der Waals surface area contributed by atoms with Gasteiger partial charge in [-0.3, -0.25) is 23.4 Å². The van der Waals surface area contributed by atoms with E-state index in [9.17, 15) is 28.6 Å². The highest BCUT2D eigenvalue weighted by atomic mass is 32.2. The lowest BCUT2D eigenvalue weighted by molar-refractivity contribution is -0.870. The van der Waals surface area contributed by atoms with Gasteiger partial charge >= 0.3 is 25.4 Å². The monoisotopic (exact) mass is 967 g/mol. The van der Waals surface area contributed by atoms with E-state index in [0.717, 1.165) is 122 Å². The number of nitrogens with one attached hydrogen (secondary N) is 1. The number of rotatable bonds is 35. The molecule has 1 heterocycles. The number of hydrogen-bond acceptors (Lipinski definition) is 11. The van der Waals surface area contributed by atoms with Crippen LogP contribution in [0, 0.1) is 6.92 Å². The first-order chi connectivity index (χ1) is 32.2. The van der Waals surface area contributed by atoms with Crippen molar-refractivity contribution < 1.29 is 51.3 Å². The van der Waals surface area contributed by atoms with Gasteiger partial charge in [-0.1, -0.05) is 120 Å². The van der Waals surface area contributed by atoms with Gasteiger partial charge in [-0.15, -0.1) is 11.8 Å². The van der Waals surface area contributed by atoms with Gasteiger partial charge in [0.2, 0.25) is 5.91 Å². The average Bonchev–Trinajstić information content (AvgIpc) is 3.27. The fourth-order valence-corrected chi connectivity index (χ4v) is 9.24. The lowest BCUT2D eigenvalue weighted by atomic mass is 10.0. The Morgan fingerprint density at radius 3 is 2.04 bits per heavy atom. The van der Waals surface area contributed by atoms with Crippen molar-refractivity contribution in [2.75, 3.05) is 59.8 Å². The summed E-state index contributed by atoms with van der Waals surface area (Å²) in [4.78, 5) is 60.9. The molecule has 13 nitrogen and oxygen atoms in total. The smallest absolute Gasteiger partial charge is 0.462 e. The van der Waals surface area contributed by atoms with Crippen molar-refractivity contribution in [3.63, 3.8) is 0 Å². The zero-order valence-electron chi connectivity index (χ0n) is 40.4. The molecule has 15 heteroatoms. The van der Waals surface area contributed by atoms with Crippen molar-refractivity contribution in [2.45, 2.75) is 140 Å². The van der Waals surface area contributed by atoms with E-state index in [-0.39, 0.29) is 37.6 Å². The van der Waals surface area contributed by atoms with Gasteiger partial charge in [-0.25, -0.2) is 9.36 Å². The van der Waals surface area contributed by atoms with Gasteiger partial charge in [-0.05, 0) is 78.5 Å². The Labute approximate surface area is 402 Å². The number of nitrogens with zero attached hydrogens (tertiary/aromatic N) is 1. The van der Waals surface area contributed by atoms with Crippen LogP contribution < -0.4 is 10.9 Å². The molecule has 0 aliphatic carbocycles. The number of unbranched alkanes of at least 4 members (excludes halogenated alkanes) is 14. The number of fused-ring (bicyclic) bond motifs is 2. The molecular formula is C52H76N2O11PS+. The number of carbonyl (C=O) groups is 3. The summed E-state index contributed by atoms with van der Waals surface area (Å²) in [5, 5.41) is 6.32. The molecule has 0 saturated carbocycles. The third-order valence-electron chi connectivity index (χ3n) is 11.4. The Bertz CT molecular complexity index is 2230. The van der Waals surface area contributed by atoms with Crippen molar-refractivity contribution in [2.24, 2.45) is 0 Å². The molecule has 0 fully saturated rings. The second-order valence-electron chi connectivity index (χ2n) is 18.5. The molecule has 0 saturated heterocycles. The second kappa shape index (κ2) is 30.4. The topological polar surface area (TPSA) is 168 Å². The quantitative estimate of drug-likeness (QED) is 0.0112. The Kier molecular flexibility index (Phi) is 25.2. The molecule has 1 aromatic heterocycles. The van der Waals surface area contributed by atoms with E-state index in [1.54, 1.807) is 11.8 Å². The van der Waals surface area contributed by atoms with E-state index in [1.165, 1.54) is 11.5 Å². The molecule has 0 aliphatic heterocycles. The first-order valence-corrected chi connectivity index (χ1v) is 26.8. The number of thioether (sulfide) groups is 1. The predicted molar refractivity (Wildman–Crippen MR) is 267 cm³/mol. The van der Waals surface area contributed by atoms with Crippen molar-refractivity contribution >= 4 is 59.2 Å². The number of phosphoric ester groups is 1. The van der Waals surface area contributed by atoms with Crippen LogP contribution >= 0.6 is 19.6 Å². The molecule has 4 rings (SSSR count). The zero-order valence-corrected chi connectivity index (χ0v) is 42.1. The summed E-state index contributed by atoms with van der Waals surface area (Å²) in [5.41, 5.74) is 2.23. The van der Waals surface area contributed by atoms with Gasteiger partial charge in [0.15, 0.2) is 6.10 Å². The van der Waals surface area contributed by atoms with E-state index < -0.39 is 32.5 Å². The van der Waals surface area contributed by atoms with Gasteiger partial charge < -0.3 is 28.6 Å². The highest BCUT2D eigenvalue weighted by Crippen LogP contribution is 2.43. The maximum atomic E-state index is 12.8. The van der Waals surface area contributed by atoms with Crippen LogP contribution in [0.2, 0.25) is 0 Å². The van der Waals surface area contributed by atoms with Crippen LogP contribution in [0.15, 0.2) is 80.8 Å². The van der Waals surface area contributed by atoms with Crippen LogP contribution in [0.1, 0.15) is 127 Å². The second-order valence-corrected chi connectivity index (χ2v) is 21.1. The molecule has 1 unspecified atom stereocenters. The van der Waals surface area contributed by atoms with E-state index in [1.807, 2.05) is 58.4 Å². The third-order valence-corrected chi connectivity index (χ3v) is 13.5. The van der Waals surface area contributed by atoms with Gasteiger partial charge in [0.1, 0.15) is 25.3 Å². The highest BCUT2D eigenvalue weighted by Gasteiger charge is 2.27. The van der Waals surface area contributed by atoms with Crippen molar-refractivity contribution in [1.82, 2.24) is 5.32 Å². The largest absolute Gasteiger partial charge is 0.472 e. The van der Waals surface area contributed by atoms with E-state index in [4.69, 9.17) is 22.9 Å². The lowest BCUT2D eigenvalue weighted by Crippen LogP contribution is -2.37. The van der Waals surface area contributed by atoms with Crippen LogP contribution in [0.4, 0.5) is 0 Å². The molecule has 0 spiro atoms. The van der Waals surface area contributed by atoms with Crippen molar-refractivity contribution in [1.29, 1.82) is 0 Å². The van der Waals surface area contributed by atoms with E-state index in [0.29, 0.717) is 42.4 Å². The molecule has 370 valence electrons. The number of likely N-dealkylation sites (N-methyl/N-ethyl adjacent to an activating group) is 1. The maximum Gasteiger partial charge on any atom is 0.472 e. The molecular weight excluding hydrogens is 892 g/mol. The lowest BCUT2D eigenvalue weighted by Gasteiger charge is -2.24. The van der Waals surface area contributed by atoms with Crippen molar-refractivity contribution in [3.8, 4) is 0 Å². The van der Waals surface area contributed by atoms with Gasteiger partial charge in [0.25, 0.3) is 0 Å². The van der Waals surface area contributed by atoms with E-state index >= 15 is 0 Å². The number of carbonyl (C=O) groups excluding carboxylic acids is 3. The highest BCUT2D eigenvalue weighted by molar-refractivity contribution is 7.99. The molecule has 2 atom stereocenters. The molecule has 1 amide bonds. The van der Waals surface area contributed by atoms with Gasteiger partial charge in [0.05, 0.1) is 34.2 Å². The van der Waals surface area contributed by atoms with Gasteiger partial charge in [0, 0.05) is 35.7 Å². The summed E-state index contributed by atoms with van der Waals surface area (Å²) in [6.45, 7) is 2.34. The minimum Gasteiger partial charge on any atom is -0.462 e. The number of esters is 2. The number of aryl methyl sites for hydroxylation is 1. The van der Waals surface area contributed by atoms with Crippen LogP contribution in [0.5, 0.6) is 0 Å². The predicted octanol–water partition coefficient (Wildman–Crippen LogP) is 11.0. The first-order valence-electron chi connectivity index (χ1n) is 24.3. The maximum absolute atomic E-state index is 12.8. The summed E-state index contributed by atoms with van der Waals surface area (Å²) in [6, 6.07) is 21.8. The standard InChI is InChI=1S/C52H75N2O11PS/c1-41-35-52(58)65-48-38-46(29-30-47(41)48)67-34-22-16-12-8-10-13-17-25-50(56)61-39-45(40-63-66(59,60)62-33-32-54(2,3)4)64-51(57)26-18-14-9-6-5-7-11-15-21-31-53-49(55)37-42-27-28-43-23-19-20-24-44(43)36-42/h19-20,23-24,27-30,35-36,38,45H,5-18,21-22,25-26,31-34,37,39-40H2,1-4H3,(H-,53,55,59,60)/p+1/t45-/m1/s1. The van der Waals surface area contributed by atoms with E-state index in [2.05, 4.69) is 35.6 Å². The minimum atomic E-state index is -4.43. The van der Waals surface area contributed by atoms with Gasteiger partial charge in [-0.2, -0.15) is 0 Å². The third kappa shape index (κ3) is 24.2. The molecule has 0 radical (unpaired) electrons. The first kappa shape index (κ1) is 55.6. The fraction of sp³-hybridized carbons (Fsp3) is 0.577. The Morgan fingerprint density at radius 1 is 0.731 bits per heavy atom. The molecule has 4 aromatic rings. The molecule has 0 bridgehead atoms. The Morgan fingerprint density at radius 2 is 1.36 bits per heavy atom. The summed E-state index contributed by atoms with van der Waals surface area (Å²) in [6.07, 6.45) is 15.6. The number of phosphoric acid groups is 1. The Balaban J connectivity index is 1.02. The number of ether oxygens (including phenoxy) is 2. The van der Waals surface area contributed by atoms with Crippen LogP contribution in [-0.2, 0) is 43.9 Å². The zero-order chi connectivity index (χ0) is 48.3. The van der Waals surface area contributed by atoms with Crippen LogP contribution in [0.3, 0.4) is 0 Å². The minimum absolute atomic E-state index is 0.00200. The molecule has 67 heavy (non-hydrogen) atoms. The average molecular weight is 968 g/mol. The fourth-order valence-electron chi connectivity index (χ4n) is 7.56. The summed E-state index contributed by atoms with van der Waals surface area (Å²) < 4.78 is 39.8. The van der Waals surface area contributed by atoms with Crippen LogP contribution in [0.25, 0.3) is 21.7 Å². The SMILES string of the molecule is Cc1cc(=O)oc2cc(SCCCCCCCCCC(=O)OC[C@H](COP(=O)(O)OCC[N+](C)(C)C)OC(=O)CCCCCCCCCCCNC(=O)Cc3ccc4ccccc4c3)ccc12. The molecule has 0 aliphatic rings. The summed E-state index contributed by atoms with van der Waals surface area (Å²) in [7, 11) is 1.36. The van der Waals surface area contributed by atoms with Crippen LogP contribution in [-0.4, -0.2) is 93.1 Å².